The van der Waals surface area contributed by atoms with Crippen molar-refractivity contribution in [3.05, 3.63) is 18.0 Å². The summed E-state index contributed by atoms with van der Waals surface area (Å²) >= 11 is 0. The van der Waals surface area contributed by atoms with Crippen LogP contribution in [-0.2, 0) is 4.84 Å². The van der Waals surface area contributed by atoms with E-state index in [1.807, 2.05) is 6.92 Å². The summed E-state index contributed by atoms with van der Waals surface area (Å²) in [5.74, 6) is -0.305. The second kappa shape index (κ2) is 4.50. The van der Waals surface area contributed by atoms with Crippen molar-refractivity contribution < 1.29 is 9.63 Å². The number of rotatable bonds is 4. The molecule has 0 aliphatic rings. The van der Waals surface area contributed by atoms with Gasteiger partial charge in [0, 0.05) is 6.20 Å². The van der Waals surface area contributed by atoms with Crippen molar-refractivity contribution in [2.24, 2.45) is 0 Å². The Morgan fingerprint density at radius 1 is 1.83 bits per heavy atom. The lowest BCUT2D eigenvalue weighted by Gasteiger charge is -2.01. The molecule has 1 aromatic heterocycles. The van der Waals surface area contributed by atoms with Crippen molar-refractivity contribution >= 4 is 5.91 Å². The van der Waals surface area contributed by atoms with Crippen LogP contribution in [0, 0.1) is 0 Å². The van der Waals surface area contributed by atoms with Crippen molar-refractivity contribution in [3.63, 3.8) is 0 Å². The van der Waals surface area contributed by atoms with Crippen molar-refractivity contribution in [2.45, 2.75) is 13.3 Å². The first-order chi connectivity index (χ1) is 5.84. The van der Waals surface area contributed by atoms with Crippen LogP contribution in [0.1, 0.15) is 23.8 Å². The second-order valence-electron chi connectivity index (χ2n) is 2.25. The Balaban J connectivity index is 2.30. The summed E-state index contributed by atoms with van der Waals surface area (Å²) in [5.41, 5.74) is 2.67. The molecule has 0 unspecified atom stereocenters. The number of aromatic amines is 1. The number of H-pyrrole nitrogens is 1. The molecule has 5 nitrogen and oxygen atoms in total. The first-order valence-electron chi connectivity index (χ1n) is 3.76. The van der Waals surface area contributed by atoms with Gasteiger partial charge in [-0.1, -0.05) is 6.92 Å². The highest BCUT2D eigenvalue weighted by molar-refractivity contribution is 5.91. The van der Waals surface area contributed by atoms with Crippen LogP contribution < -0.4 is 5.48 Å². The van der Waals surface area contributed by atoms with E-state index in [0.717, 1.165) is 6.42 Å². The molecule has 1 aromatic rings. The van der Waals surface area contributed by atoms with Crippen LogP contribution in [0.3, 0.4) is 0 Å². The molecular weight excluding hydrogens is 158 g/mol. The number of nitrogens with zero attached hydrogens (tertiary/aromatic N) is 1. The molecular formula is C7H11N3O2. The Bertz CT molecular complexity index is 233. The van der Waals surface area contributed by atoms with Gasteiger partial charge in [-0.15, -0.1) is 0 Å². The van der Waals surface area contributed by atoms with E-state index in [1.165, 1.54) is 6.20 Å². The van der Waals surface area contributed by atoms with Gasteiger partial charge in [-0.2, -0.15) is 5.10 Å². The number of amides is 1. The van der Waals surface area contributed by atoms with E-state index in [0.29, 0.717) is 12.3 Å². The van der Waals surface area contributed by atoms with Gasteiger partial charge in [0.1, 0.15) is 5.69 Å². The maximum absolute atomic E-state index is 11.1. The summed E-state index contributed by atoms with van der Waals surface area (Å²) in [7, 11) is 0. The fourth-order valence-electron chi connectivity index (χ4n) is 0.656. The molecule has 1 heterocycles. The van der Waals surface area contributed by atoms with Crippen LogP contribution in [0.5, 0.6) is 0 Å². The molecule has 0 aliphatic carbocycles. The van der Waals surface area contributed by atoms with Gasteiger partial charge in [-0.3, -0.25) is 14.7 Å². The van der Waals surface area contributed by atoms with E-state index >= 15 is 0 Å². The highest BCUT2D eigenvalue weighted by Crippen LogP contribution is 1.90. The Morgan fingerprint density at radius 3 is 3.25 bits per heavy atom. The van der Waals surface area contributed by atoms with Crippen molar-refractivity contribution in [3.8, 4) is 0 Å². The van der Waals surface area contributed by atoms with Crippen molar-refractivity contribution in [1.82, 2.24) is 15.7 Å². The monoisotopic (exact) mass is 169 g/mol. The summed E-state index contributed by atoms with van der Waals surface area (Å²) in [6.07, 6.45) is 2.37. The predicted molar refractivity (Wildman–Crippen MR) is 42.3 cm³/mol. The van der Waals surface area contributed by atoms with Gasteiger partial charge in [0.15, 0.2) is 0 Å². The van der Waals surface area contributed by atoms with Crippen molar-refractivity contribution in [1.29, 1.82) is 0 Å². The number of carbonyl (C=O) groups is 1. The average Bonchev–Trinajstić information content (AvgIpc) is 2.56. The van der Waals surface area contributed by atoms with Gasteiger partial charge in [0.05, 0.1) is 6.61 Å². The molecule has 2 N–H and O–H groups in total. The number of hydrogen-bond acceptors (Lipinski definition) is 3. The fraction of sp³-hybridized carbons (Fsp3) is 0.429. The Morgan fingerprint density at radius 2 is 2.67 bits per heavy atom. The van der Waals surface area contributed by atoms with Gasteiger partial charge >= 0.3 is 0 Å². The second-order valence-corrected chi connectivity index (χ2v) is 2.25. The topological polar surface area (TPSA) is 67.0 Å². The summed E-state index contributed by atoms with van der Waals surface area (Å²) in [4.78, 5) is 15.9. The highest BCUT2D eigenvalue weighted by atomic mass is 16.6. The normalized spacial score (nSPS) is 9.75. The molecule has 0 aromatic carbocycles. The first-order valence-corrected chi connectivity index (χ1v) is 3.76. The number of carbonyl (C=O) groups excluding carboxylic acids is 1. The standard InChI is InChI=1S/C7H11N3O2/c1-2-5-12-10-7(11)6-3-4-8-9-6/h3-4H,2,5H2,1H3,(H,8,9)(H,10,11). The highest BCUT2D eigenvalue weighted by Gasteiger charge is 2.04. The van der Waals surface area contributed by atoms with Gasteiger partial charge in [0.25, 0.3) is 5.91 Å². The van der Waals surface area contributed by atoms with E-state index in [9.17, 15) is 4.79 Å². The largest absolute Gasteiger partial charge is 0.292 e. The number of nitrogens with one attached hydrogen (secondary N) is 2. The lowest BCUT2D eigenvalue weighted by Crippen LogP contribution is -2.24. The smallest absolute Gasteiger partial charge is 0.273 e. The van der Waals surface area contributed by atoms with Crippen molar-refractivity contribution in [2.75, 3.05) is 6.61 Å². The third kappa shape index (κ3) is 2.35. The molecule has 0 spiro atoms. The molecule has 5 heteroatoms. The third-order valence-corrected chi connectivity index (χ3v) is 1.22. The molecule has 12 heavy (non-hydrogen) atoms. The van der Waals surface area contributed by atoms with Gasteiger partial charge in [-0.05, 0) is 12.5 Å². The summed E-state index contributed by atoms with van der Waals surface area (Å²) in [6.45, 7) is 2.47. The predicted octanol–water partition coefficient (Wildman–Crippen LogP) is 0.481. The minimum absolute atomic E-state index is 0.305. The minimum Gasteiger partial charge on any atom is -0.273 e. The van der Waals surface area contributed by atoms with E-state index in [1.54, 1.807) is 6.07 Å². The van der Waals surface area contributed by atoms with Gasteiger partial charge < -0.3 is 0 Å². The van der Waals surface area contributed by atoms with Gasteiger partial charge in [-0.25, -0.2) is 5.48 Å². The Kier molecular flexibility index (Phi) is 3.28. The molecule has 1 amide bonds. The molecule has 0 bridgehead atoms. The molecule has 66 valence electrons. The number of hydroxylamine groups is 1. The fourth-order valence-corrected chi connectivity index (χ4v) is 0.656. The zero-order valence-corrected chi connectivity index (χ0v) is 6.83. The molecule has 0 saturated carbocycles. The van der Waals surface area contributed by atoms with E-state index < -0.39 is 0 Å². The van der Waals surface area contributed by atoms with E-state index in [2.05, 4.69) is 15.7 Å². The Hall–Kier alpha value is -1.36. The first kappa shape index (κ1) is 8.73. The lowest BCUT2D eigenvalue weighted by molar-refractivity contribution is 0.0310. The quantitative estimate of drug-likeness (QED) is 0.509. The van der Waals surface area contributed by atoms with E-state index in [-0.39, 0.29) is 5.91 Å². The average molecular weight is 169 g/mol. The lowest BCUT2D eigenvalue weighted by atomic mass is 10.4. The maximum Gasteiger partial charge on any atom is 0.292 e. The SMILES string of the molecule is CCCONC(=O)c1ccn[nH]1. The zero-order chi connectivity index (χ0) is 8.81. The van der Waals surface area contributed by atoms with E-state index in [4.69, 9.17) is 4.84 Å². The summed E-state index contributed by atoms with van der Waals surface area (Å²) in [6, 6.07) is 1.57. The van der Waals surface area contributed by atoms with Crippen LogP contribution in [0.25, 0.3) is 0 Å². The maximum atomic E-state index is 11.1. The molecule has 1 rings (SSSR count). The van der Waals surface area contributed by atoms with Crippen LogP contribution >= 0.6 is 0 Å². The van der Waals surface area contributed by atoms with Crippen LogP contribution in [0.15, 0.2) is 12.3 Å². The molecule has 0 atom stereocenters. The number of hydrogen-bond donors (Lipinski definition) is 2. The minimum atomic E-state index is -0.305. The van der Waals surface area contributed by atoms with Crippen LogP contribution in [0.4, 0.5) is 0 Å². The zero-order valence-electron chi connectivity index (χ0n) is 6.83. The van der Waals surface area contributed by atoms with Crippen LogP contribution in [0.2, 0.25) is 0 Å². The molecule has 0 radical (unpaired) electrons. The summed E-state index contributed by atoms with van der Waals surface area (Å²) < 4.78 is 0. The third-order valence-electron chi connectivity index (χ3n) is 1.22. The van der Waals surface area contributed by atoms with Gasteiger partial charge in [0.2, 0.25) is 0 Å². The molecule has 0 fully saturated rings. The number of aromatic nitrogens is 2. The molecule has 0 saturated heterocycles. The summed E-state index contributed by atoms with van der Waals surface area (Å²) in [5, 5.41) is 6.15. The molecule has 0 aliphatic heterocycles. The Labute approximate surface area is 70.1 Å². The van der Waals surface area contributed by atoms with Crippen LogP contribution in [-0.4, -0.2) is 22.7 Å².